The standard InChI is InChI=1S/C12H15N3S/c1-3-11-7-14-12(16)15(11)8-10-5-4-9(2)13-6-10/h4-7H,3,8H2,1-2H3,(H,14,16). The first-order valence-electron chi connectivity index (χ1n) is 5.39. The van der Waals surface area contributed by atoms with E-state index in [1.54, 1.807) is 0 Å². The maximum absolute atomic E-state index is 5.25. The number of pyridine rings is 1. The lowest BCUT2D eigenvalue weighted by Crippen LogP contribution is -2.04. The summed E-state index contributed by atoms with van der Waals surface area (Å²) in [6, 6.07) is 4.12. The zero-order valence-electron chi connectivity index (χ0n) is 9.53. The van der Waals surface area contributed by atoms with E-state index in [1.807, 2.05) is 25.4 Å². The summed E-state index contributed by atoms with van der Waals surface area (Å²) in [6.07, 6.45) is 4.86. The van der Waals surface area contributed by atoms with Crippen LogP contribution >= 0.6 is 12.2 Å². The van der Waals surface area contributed by atoms with Crippen molar-refractivity contribution in [1.29, 1.82) is 0 Å². The summed E-state index contributed by atoms with van der Waals surface area (Å²) in [5.41, 5.74) is 3.44. The number of imidazole rings is 1. The van der Waals surface area contributed by atoms with E-state index >= 15 is 0 Å². The van der Waals surface area contributed by atoms with Gasteiger partial charge in [0.2, 0.25) is 0 Å². The van der Waals surface area contributed by atoms with Gasteiger partial charge in [0.25, 0.3) is 0 Å². The molecule has 0 atom stereocenters. The van der Waals surface area contributed by atoms with Crippen molar-refractivity contribution in [2.45, 2.75) is 26.8 Å². The number of nitrogens with one attached hydrogen (secondary N) is 1. The van der Waals surface area contributed by atoms with Crippen LogP contribution in [0, 0.1) is 11.7 Å². The Bertz CT molecular complexity index is 522. The molecular formula is C12H15N3S. The quantitative estimate of drug-likeness (QED) is 0.827. The van der Waals surface area contributed by atoms with Crippen LogP contribution in [0.3, 0.4) is 0 Å². The molecule has 4 heteroatoms. The summed E-state index contributed by atoms with van der Waals surface area (Å²) in [6.45, 7) is 4.91. The number of aryl methyl sites for hydroxylation is 2. The highest BCUT2D eigenvalue weighted by molar-refractivity contribution is 7.71. The zero-order valence-corrected chi connectivity index (χ0v) is 10.3. The molecule has 0 bridgehead atoms. The monoisotopic (exact) mass is 233 g/mol. The second-order valence-electron chi connectivity index (χ2n) is 3.83. The Morgan fingerprint density at radius 2 is 2.25 bits per heavy atom. The lowest BCUT2D eigenvalue weighted by Gasteiger charge is -2.06. The van der Waals surface area contributed by atoms with Crippen LogP contribution in [0.4, 0.5) is 0 Å². The Kier molecular flexibility index (Phi) is 3.19. The van der Waals surface area contributed by atoms with Crippen molar-refractivity contribution in [3.63, 3.8) is 0 Å². The van der Waals surface area contributed by atoms with Gasteiger partial charge < -0.3 is 9.55 Å². The summed E-state index contributed by atoms with van der Waals surface area (Å²) in [5.74, 6) is 0. The Balaban J connectivity index is 2.29. The lowest BCUT2D eigenvalue weighted by molar-refractivity contribution is 0.733. The second kappa shape index (κ2) is 4.61. The largest absolute Gasteiger partial charge is 0.337 e. The van der Waals surface area contributed by atoms with Gasteiger partial charge in [0.1, 0.15) is 0 Å². The average Bonchev–Trinajstić information content (AvgIpc) is 2.63. The molecule has 0 aliphatic heterocycles. The second-order valence-corrected chi connectivity index (χ2v) is 4.22. The van der Waals surface area contributed by atoms with Crippen LogP contribution in [0.2, 0.25) is 0 Å². The van der Waals surface area contributed by atoms with Gasteiger partial charge in [0.05, 0.1) is 6.54 Å². The van der Waals surface area contributed by atoms with E-state index in [9.17, 15) is 0 Å². The van der Waals surface area contributed by atoms with Gasteiger partial charge in [-0.15, -0.1) is 0 Å². The van der Waals surface area contributed by atoms with Crippen LogP contribution in [-0.4, -0.2) is 14.5 Å². The molecule has 0 saturated heterocycles. The van der Waals surface area contributed by atoms with Gasteiger partial charge in [0.15, 0.2) is 4.77 Å². The molecule has 0 aromatic carbocycles. The highest BCUT2D eigenvalue weighted by Crippen LogP contribution is 2.08. The van der Waals surface area contributed by atoms with E-state index in [2.05, 4.69) is 27.5 Å². The average molecular weight is 233 g/mol. The predicted molar refractivity (Wildman–Crippen MR) is 67.1 cm³/mol. The van der Waals surface area contributed by atoms with Crippen molar-refractivity contribution >= 4 is 12.2 Å². The number of aromatic amines is 1. The molecule has 2 aromatic rings. The summed E-state index contributed by atoms with van der Waals surface area (Å²) < 4.78 is 2.89. The Labute approximate surface area is 100 Å². The molecule has 3 nitrogen and oxygen atoms in total. The first-order valence-corrected chi connectivity index (χ1v) is 5.80. The van der Waals surface area contributed by atoms with Gasteiger partial charge in [-0.25, -0.2) is 0 Å². The maximum atomic E-state index is 5.25. The molecule has 84 valence electrons. The normalized spacial score (nSPS) is 10.6. The van der Waals surface area contributed by atoms with Gasteiger partial charge in [0, 0.05) is 23.8 Å². The molecule has 2 aromatic heterocycles. The van der Waals surface area contributed by atoms with E-state index in [0.717, 1.165) is 23.4 Å². The third-order valence-electron chi connectivity index (χ3n) is 2.63. The third-order valence-corrected chi connectivity index (χ3v) is 2.97. The molecule has 0 radical (unpaired) electrons. The van der Waals surface area contributed by atoms with E-state index in [0.29, 0.717) is 0 Å². The fourth-order valence-electron chi connectivity index (χ4n) is 1.67. The van der Waals surface area contributed by atoms with Crippen molar-refractivity contribution in [3.8, 4) is 0 Å². The summed E-state index contributed by atoms with van der Waals surface area (Å²) >= 11 is 5.25. The predicted octanol–water partition coefficient (Wildman–Crippen LogP) is 2.86. The van der Waals surface area contributed by atoms with Gasteiger partial charge in [-0.1, -0.05) is 13.0 Å². The summed E-state index contributed by atoms with van der Waals surface area (Å²) in [5, 5.41) is 0. The Morgan fingerprint density at radius 1 is 1.44 bits per heavy atom. The molecule has 16 heavy (non-hydrogen) atoms. The van der Waals surface area contributed by atoms with Crippen molar-refractivity contribution in [3.05, 3.63) is 46.2 Å². The number of H-pyrrole nitrogens is 1. The van der Waals surface area contributed by atoms with E-state index in [-0.39, 0.29) is 0 Å². The molecule has 0 aliphatic rings. The molecule has 0 saturated carbocycles. The van der Waals surface area contributed by atoms with Gasteiger partial charge >= 0.3 is 0 Å². The van der Waals surface area contributed by atoms with Crippen LogP contribution < -0.4 is 0 Å². The van der Waals surface area contributed by atoms with Crippen LogP contribution in [0.25, 0.3) is 0 Å². The van der Waals surface area contributed by atoms with Gasteiger partial charge in [-0.2, -0.15) is 0 Å². The number of aromatic nitrogens is 3. The van der Waals surface area contributed by atoms with E-state index in [1.165, 1.54) is 11.3 Å². The minimum absolute atomic E-state index is 0.775. The summed E-state index contributed by atoms with van der Waals surface area (Å²) in [7, 11) is 0. The highest BCUT2D eigenvalue weighted by atomic mass is 32.1. The number of hydrogen-bond acceptors (Lipinski definition) is 2. The molecule has 0 unspecified atom stereocenters. The number of rotatable bonds is 3. The van der Waals surface area contributed by atoms with E-state index < -0.39 is 0 Å². The molecular weight excluding hydrogens is 218 g/mol. The van der Waals surface area contributed by atoms with Crippen molar-refractivity contribution < 1.29 is 0 Å². The van der Waals surface area contributed by atoms with Crippen molar-refractivity contribution in [2.75, 3.05) is 0 Å². The lowest BCUT2D eigenvalue weighted by atomic mass is 10.2. The fourth-order valence-corrected chi connectivity index (χ4v) is 1.91. The zero-order chi connectivity index (χ0) is 11.5. The Morgan fingerprint density at radius 3 is 2.88 bits per heavy atom. The first kappa shape index (κ1) is 11.1. The molecule has 1 N–H and O–H groups in total. The van der Waals surface area contributed by atoms with Crippen LogP contribution in [0.5, 0.6) is 0 Å². The molecule has 0 fully saturated rings. The first-order chi connectivity index (χ1) is 7.70. The summed E-state index contributed by atoms with van der Waals surface area (Å²) in [4.78, 5) is 7.36. The molecule has 2 rings (SSSR count). The van der Waals surface area contributed by atoms with Gasteiger partial charge in [-0.05, 0) is 37.2 Å². The molecule has 2 heterocycles. The van der Waals surface area contributed by atoms with Crippen LogP contribution in [0.15, 0.2) is 24.5 Å². The minimum Gasteiger partial charge on any atom is -0.337 e. The SMILES string of the molecule is CCc1c[nH]c(=S)n1Cc1ccc(C)nc1. The number of hydrogen-bond donors (Lipinski definition) is 1. The maximum Gasteiger partial charge on any atom is 0.177 e. The molecule has 0 amide bonds. The van der Waals surface area contributed by atoms with Crippen LogP contribution in [0.1, 0.15) is 23.9 Å². The number of nitrogens with zero attached hydrogens (tertiary/aromatic N) is 2. The molecule has 0 spiro atoms. The fraction of sp³-hybridized carbons (Fsp3) is 0.333. The van der Waals surface area contributed by atoms with Gasteiger partial charge in [-0.3, -0.25) is 4.98 Å². The highest BCUT2D eigenvalue weighted by Gasteiger charge is 2.02. The third kappa shape index (κ3) is 2.22. The van der Waals surface area contributed by atoms with Crippen molar-refractivity contribution in [1.82, 2.24) is 14.5 Å². The Hall–Kier alpha value is -1.42. The smallest absolute Gasteiger partial charge is 0.177 e. The van der Waals surface area contributed by atoms with Crippen molar-refractivity contribution in [2.24, 2.45) is 0 Å². The molecule has 0 aliphatic carbocycles. The van der Waals surface area contributed by atoms with Crippen LogP contribution in [-0.2, 0) is 13.0 Å². The minimum atomic E-state index is 0.775. The van der Waals surface area contributed by atoms with E-state index in [4.69, 9.17) is 12.2 Å². The topological polar surface area (TPSA) is 33.6 Å².